The summed E-state index contributed by atoms with van der Waals surface area (Å²) in [7, 11) is 0. The van der Waals surface area contributed by atoms with Crippen molar-refractivity contribution in [3.05, 3.63) is 29.6 Å². The quantitative estimate of drug-likeness (QED) is 0.784. The van der Waals surface area contributed by atoms with Crippen LogP contribution in [0.15, 0.2) is 28.1 Å². The van der Waals surface area contributed by atoms with Crippen molar-refractivity contribution in [3.8, 4) is 10.6 Å². The van der Waals surface area contributed by atoms with Gasteiger partial charge in [-0.2, -0.15) is 0 Å². The van der Waals surface area contributed by atoms with E-state index in [0.717, 1.165) is 42.5 Å². The van der Waals surface area contributed by atoms with Crippen LogP contribution in [-0.4, -0.2) is 18.1 Å². The zero-order chi connectivity index (χ0) is 11.2. The highest BCUT2D eigenvalue weighted by molar-refractivity contribution is 7.13. The fourth-order valence-corrected chi connectivity index (χ4v) is 2.13. The highest BCUT2D eigenvalue weighted by atomic mass is 32.1. The van der Waals surface area contributed by atoms with Crippen molar-refractivity contribution >= 4 is 11.3 Å². The molecule has 0 spiro atoms. The minimum Gasteiger partial charge on any atom is -0.440 e. The molecule has 2 aromatic heterocycles. The van der Waals surface area contributed by atoms with Gasteiger partial charge in [-0.1, -0.05) is 13.0 Å². The summed E-state index contributed by atoms with van der Waals surface area (Å²) in [5.74, 6) is 1.69. The van der Waals surface area contributed by atoms with Gasteiger partial charge in [-0.15, -0.1) is 11.3 Å². The van der Waals surface area contributed by atoms with Crippen molar-refractivity contribution in [2.24, 2.45) is 0 Å². The molecular formula is C12H16N2OS. The largest absolute Gasteiger partial charge is 0.440 e. The second-order valence-corrected chi connectivity index (χ2v) is 4.54. The normalized spacial score (nSPS) is 10.8. The number of hydrogen-bond acceptors (Lipinski definition) is 4. The lowest BCUT2D eigenvalue weighted by Crippen LogP contribution is -2.17. The van der Waals surface area contributed by atoms with Gasteiger partial charge in [-0.3, -0.25) is 0 Å². The van der Waals surface area contributed by atoms with Crippen molar-refractivity contribution < 1.29 is 4.42 Å². The van der Waals surface area contributed by atoms with Gasteiger partial charge in [0, 0.05) is 13.0 Å². The molecule has 4 heteroatoms. The predicted molar refractivity (Wildman–Crippen MR) is 66.7 cm³/mol. The van der Waals surface area contributed by atoms with E-state index in [4.69, 9.17) is 4.42 Å². The summed E-state index contributed by atoms with van der Waals surface area (Å²) in [5, 5.41) is 5.37. The average Bonchev–Trinajstić information content (AvgIpc) is 2.94. The van der Waals surface area contributed by atoms with Crippen molar-refractivity contribution in [3.63, 3.8) is 0 Å². The topological polar surface area (TPSA) is 38.1 Å². The van der Waals surface area contributed by atoms with Crippen molar-refractivity contribution in [1.29, 1.82) is 0 Å². The summed E-state index contributed by atoms with van der Waals surface area (Å²) in [6, 6.07) is 4.06. The van der Waals surface area contributed by atoms with E-state index in [1.54, 1.807) is 17.5 Å². The third-order valence-corrected chi connectivity index (χ3v) is 3.14. The monoisotopic (exact) mass is 236 g/mol. The van der Waals surface area contributed by atoms with Crippen LogP contribution in [-0.2, 0) is 6.42 Å². The lowest BCUT2D eigenvalue weighted by atomic mass is 10.4. The number of nitrogens with zero attached hydrogens (tertiary/aromatic N) is 1. The first-order chi connectivity index (χ1) is 7.90. The van der Waals surface area contributed by atoms with E-state index >= 15 is 0 Å². The third kappa shape index (κ3) is 2.93. The summed E-state index contributed by atoms with van der Waals surface area (Å²) in [6.45, 7) is 4.14. The van der Waals surface area contributed by atoms with Crippen LogP contribution in [0, 0.1) is 0 Å². The predicted octanol–water partition coefficient (Wildman–Crippen LogP) is 2.95. The minimum atomic E-state index is 0.812. The van der Waals surface area contributed by atoms with E-state index in [2.05, 4.69) is 17.2 Å². The molecule has 0 amide bonds. The molecule has 2 heterocycles. The second kappa shape index (κ2) is 5.82. The Bertz CT molecular complexity index is 408. The van der Waals surface area contributed by atoms with Crippen molar-refractivity contribution in [1.82, 2.24) is 10.3 Å². The van der Waals surface area contributed by atoms with E-state index in [-0.39, 0.29) is 0 Å². The van der Waals surface area contributed by atoms with Gasteiger partial charge in [0.1, 0.15) is 0 Å². The van der Waals surface area contributed by atoms with E-state index in [0.29, 0.717) is 0 Å². The maximum absolute atomic E-state index is 5.67. The number of hydrogen-bond donors (Lipinski definition) is 1. The van der Waals surface area contributed by atoms with Crippen LogP contribution < -0.4 is 5.32 Å². The van der Waals surface area contributed by atoms with E-state index in [1.807, 2.05) is 17.5 Å². The Kier molecular flexibility index (Phi) is 4.13. The molecule has 0 aliphatic heterocycles. The summed E-state index contributed by atoms with van der Waals surface area (Å²) in [5.41, 5.74) is 0. The Hall–Kier alpha value is -1.13. The van der Waals surface area contributed by atoms with Gasteiger partial charge in [0.15, 0.2) is 11.7 Å². The summed E-state index contributed by atoms with van der Waals surface area (Å²) in [6.07, 6.45) is 3.82. The summed E-state index contributed by atoms with van der Waals surface area (Å²) < 4.78 is 5.67. The summed E-state index contributed by atoms with van der Waals surface area (Å²) in [4.78, 5) is 5.41. The molecule has 0 aliphatic carbocycles. The lowest BCUT2D eigenvalue weighted by Gasteiger charge is -1.98. The van der Waals surface area contributed by atoms with E-state index in [9.17, 15) is 0 Å². The SMILES string of the molecule is CCCNCCc1ncc(-c2cccs2)o1. The Morgan fingerprint density at radius 1 is 1.44 bits per heavy atom. The highest BCUT2D eigenvalue weighted by Gasteiger charge is 2.06. The van der Waals surface area contributed by atoms with E-state index < -0.39 is 0 Å². The zero-order valence-electron chi connectivity index (χ0n) is 9.40. The minimum absolute atomic E-state index is 0.812. The first-order valence-corrected chi connectivity index (χ1v) is 6.47. The maximum atomic E-state index is 5.67. The lowest BCUT2D eigenvalue weighted by molar-refractivity contribution is 0.495. The van der Waals surface area contributed by atoms with Gasteiger partial charge in [0.05, 0.1) is 11.1 Å². The molecule has 0 atom stereocenters. The molecule has 0 saturated carbocycles. The third-order valence-electron chi connectivity index (χ3n) is 2.26. The van der Waals surface area contributed by atoms with Crippen molar-refractivity contribution in [2.45, 2.75) is 19.8 Å². The molecule has 0 bridgehead atoms. The number of oxazole rings is 1. The maximum Gasteiger partial charge on any atom is 0.196 e. The number of aromatic nitrogens is 1. The van der Waals surface area contributed by atoms with E-state index in [1.165, 1.54) is 0 Å². The van der Waals surface area contributed by atoms with Gasteiger partial charge < -0.3 is 9.73 Å². The molecule has 0 aromatic carbocycles. The van der Waals surface area contributed by atoms with Gasteiger partial charge >= 0.3 is 0 Å². The Labute approximate surface area is 99.5 Å². The molecule has 16 heavy (non-hydrogen) atoms. The second-order valence-electron chi connectivity index (χ2n) is 3.60. The molecule has 1 N–H and O–H groups in total. The van der Waals surface area contributed by atoms with Gasteiger partial charge in [0.2, 0.25) is 0 Å². The molecule has 2 aromatic rings. The van der Waals surface area contributed by atoms with Crippen LogP contribution in [0.2, 0.25) is 0 Å². The van der Waals surface area contributed by atoms with Crippen LogP contribution >= 0.6 is 11.3 Å². The number of rotatable bonds is 6. The van der Waals surface area contributed by atoms with Crippen LogP contribution in [0.4, 0.5) is 0 Å². The standard InChI is InChI=1S/C12H16N2OS/c1-2-6-13-7-5-12-14-9-10(15-12)11-4-3-8-16-11/h3-4,8-9,13H,2,5-7H2,1H3. The van der Waals surface area contributed by atoms with Gasteiger partial charge in [-0.05, 0) is 24.4 Å². The van der Waals surface area contributed by atoms with Crippen molar-refractivity contribution in [2.75, 3.05) is 13.1 Å². The van der Waals surface area contributed by atoms with Crippen LogP contribution in [0.3, 0.4) is 0 Å². The molecule has 0 aliphatic rings. The highest BCUT2D eigenvalue weighted by Crippen LogP contribution is 2.24. The molecule has 0 radical (unpaired) electrons. The Balaban J connectivity index is 1.88. The van der Waals surface area contributed by atoms with Crippen LogP contribution in [0.1, 0.15) is 19.2 Å². The average molecular weight is 236 g/mol. The smallest absolute Gasteiger partial charge is 0.196 e. The number of nitrogens with one attached hydrogen (secondary N) is 1. The molecule has 0 unspecified atom stereocenters. The van der Waals surface area contributed by atoms with Crippen LogP contribution in [0.25, 0.3) is 10.6 Å². The van der Waals surface area contributed by atoms with Crippen LogP contribution in [0.5, 0.6) is 0 Å². The number of thiophene rings is 1. The Morgan fingerprint density at radius 3 is 3.12 bits per heavy atom. The first-order valence-electron chi connectivity index (χ1n) is 5.59. The molecule has 86 valence electrons. The molecule has 0 fully saturated rings. The fraction of sp³-hybridized carbons (Fsp3) is 0.417. The Morgan fingerprint density at radius 2 is 2.38 bits per heavy atom. The van der Waals surface area contributed by atoms with Gasteiger partial charge in [0.25, 0.3) is 0 Å². The molecule has 0 saturated heterocycles. The summed E-state index contributed by atoms with van der Waals surface area (Å²) >= 11 is 1.67. The molecule has 2 rings (SSSR count). The fourth-order valence-electron chi connectivity index (χ4n) is 1.46. The molecular weight excluding hydrogens is 220 g/mol. The first kappa shape index (κ1) is 11.4. The molecule has 3 nitrogen and oxygen atoms in total. The zero-order valence-corrected chi connectivity index (χ0v) is 10.2. The van der Waals surface area contributed by atoms with Gasteiger partial charge in [-0.25, -0.2) is 4.98 Å².